The highest BCUT2D eigenvalue weighted by Gasteiger charge is 2.27. The zero-order chi connectivity index (χ0) is 25.0. The second-order valence-electron chi connectivity index (χ2n) is 8.79. The molecule has 3 aromatic rings. The maximum Gasteiger partial charge on any atom is 0.264 e. The summed E-state index contributed by atoms with van der Waals surface area (Å²) in [5, 5.41) is 2.84. The Morgan fingerprint density at radius 1 is 0.914 bits per heavy atom. The highest BCUT2D eigenvalue weighted by atomic mass is 32.2. The lowest BCUT2D eigenvalue weighted by atomic mass is 10.1. The third-order valence-electron chi connectivity index (χ3n) is 6.20. The summed E-state index contributed by atoms with van der Waals surface area (Å²) in [6.45, 7) is 8.49. The number of sulfonamides is 1. The summed E-state index contributed by atoms with van der Waals surface area (Å²) in [6.07, 6.45) is 0. The van der Waals surface area contributed by atoms with E-state index in [0.717, 1.165) is 35.5 Å². The van der Waals surface area contributed by atoms with Crippen LogP contribution in [0.4, 0.5) is 17.1 Å². The van der Waals surface area contributed by atoms with Gasteiger partial charge in [-0.2, -0.15) is 0 Å². The zero-order valence-corrected chi connectivity index (χ0v) is 21.1. The van der Waals surface area contributed by atoms with Gasteiger partial charge >= 0.3 is 0 Å². The highest BCUT2D eigenvalue weighted by molar-refractivity contribution is 7.92. The maximum absolute atomic E-state index is 13.6. The normalized spacial score (nSPS) is 14.0. The van der Waals surface area contributed by atoms with Gasteiger partial charge in [0.05, 0.1) is 23.8 Å². The first-order valence-electron chi connectivity index (χ1n) is 11.6. The number of amides is 1. The predicted molar refractivity (Wildman–Crippen MR) is 140 cm³/mol. The first-order chi connectivity index (χ1) is 16.7. The molecule has 1 amide bonds. The van der Waals surface area contributed by atoms with Crippen LogP contribution in [0.25, 0.3) is 0 Å². The van der Waals surface area contributed by atoms with E-state index in [2.05, 4.69) is 10.2 Å². The number of ether oxygens (including phenoxy) is 1. The van der Waals surface area contributed by atoms with Crippen molar-refractivity contribution in [3.63, 3.8) is 0 Å². The van der Waals surface area contributed by atoms with Gasteiger partial charge in [-0.15, -0.1) is 0 Å². The molecule has 0 aliphatic carbocycles. The maximum atomic E-state index is 13.6. The zero-order valence-electron chi connectivity index (χ0n) is 20.3. The average molecular weight is 494 g/mol. The Balaban J connectivity index is 1.56. The number of carbonyl (C=O) groups is 1. The lowest BCUT2D eigenvalue weighted by Crippen LogP contribution is -2.38. The molecule has 0 atom stereocenters. The molecule has 0 bridgehead atoms. The molecule has 1 aliphatic heterocycles. The standard InChI is InChI=1S/C27H31N3O4S/c1-20-4-12-26(13-5-20)35(32,33)30(25-9-6-21(2)22(3)18-25)19-27(31)28-23-7-10-24(11-8-23)29-14-16-34-17-15-29/h4-13,18H,14-17,19H2,1-3H3,(H,28,31). The van der Waals surface area contributed by atoms with Crippen LogP contribution in [-0.4, -0.2) is 47.2 Å². The van der Waals surface area contributed by atoms with Crippen LogP contribution in [0.3, 0.4) is 0 Å². The third kappa shape index (κ3) is 5.83. The van der Waals surface area contributed by atoms with Crippen molar-refractivity contribution in [2.45, 2.75) is 25.7 Å². The number of carbonyl (C=O) groups excluding carboxylic acids is 1. The number of morpholine rings is 1. The number of aryl methyl sites for hydroxylation is 3. The van der Waals surface area contributed by atoms with E-state index in [1.165, 1.54) is 4.31 Å². The number of hydrogen-bond donors (Lipinski definition) is 1. The molecular weight excluding hydrogens is 462 g/mol. The van der Waals surface area contributed by atoms with Gasteiger partial charge in [-0.25, -0.2) is 8.42 Å². The lowest BCUT2D eigenvalue weighted by molar-refractivity contribution is -0.114. The minimum Gasteiger partial charge on any atom is -0.378 e. The molecule has 35 heavy (non-hydrogen) atoms. The largest absolute Gasteiger partial charge is 0.378 e. The number of hydrogen-bond acceptors (Lipinski definition) is 5. The molecule has 1 aliphatic rings. The Morgan fingerprint density at radius 3 is 2.20 bits per heavy atom. The van der Waals surface area contributed by atoms with Crippen LogP contribution in [0, 0.1) is 20.8 Å². The van der Waals surface area contributed by atoms with E-state index in [9.17, 15) is 13.2 Å². The van der Waals surface area contributed by atoms with Gasteiger partial charge in [-0.3, -0.25) is 9.10 Å². The molecule has 0 saturated carbocycles. The summed E-state index contributed by atoms with van der Waals surface area (Å²) in [5.41, 5.74) is 5.08. The Labute approximate surface area is 207 Å². The molecule has 4 rings (SSSR count). The van der Waals surface area contributed by atoms with Gasteiger partial charge in [0.2, 0.25) is 5.91 Å². The molecule has 1 fully saturated rings. The molecule has 7 nitrogen and oxygen atoms in total. The van der Waals surface area contributed by atoms with E-state index < -0.39 is 15.9 Å². The number of nitrogens with zero attached hydrogens (tertiary/aromatic N) is 2. The van der Waals surface area contributed by atoms with Gasteiger partial charge < -0.3 is 15.0 Å². The second kappa shape index (κ2) is 10.5. The molecule has 0 unspecified atom stereocenters. The van der Waals surface area contributed by atoms with Crippen molar-refractivity contribution in [1.29, 1.82) is 0 Å². The van der Waals surface area contributed by atoms with E-state index in [-0.39, 0.29) is 11.4 Å². The molecule has 8 heteroatoms. The Morgan fingerprint density at radius 2 is 1.57 bits per heavy atom. The van der Waals surface area contributed by atoms with Crippen LogP contribution in [0.1, 0.15) is 16.7 Å². The summed E-state index contributed by atoms with van der Waals surface area (Å²) in [4.78, 5) is 15.4. The molecule has 0 spiro atoms. The minimum atomic E-state index is -3.96. The molecule has 1 N–H and O–H groups in total. The first kappa shape index (κ1) is 24.8. The Bertz CT molecular complexity index is 1280. The summed E-state index contributed by atoms with van der Waals surface area (Å²) >= 11 is 0. The fraction of sp³-hybridized carbons (Fsp3) is 0.296. The second-order valence-corrected chi connectivity index (χ2v) is 10.7. The van der Waals surface area contributed by atoms with Crippen LogP contribution in [0.2, 0.25) is 0 Å². The average Bonchev–Trinajstić information content (AvgIpc) is 2.85. The number of anilines is 3. The van der Waals surface area contributed by atoms with Crippen molar-refractivity contribution in [1.82, 2.24) is 0 Å². The van der Waals surface area contributed by atoms with Crippen LogP contribution < -0.4 is 14.5 Å². The molecular formula is C27H31N3O4S. The van der Waals surface area contributed by atoms with Crippen molar-refractivity contribution < 1.29 is 17.9 Å². The van der Waals surface area contributed by atoms with Crippen LogP contribution in [0.15, 0.2) is 71.6 Å². The Kier molecular flexibility index (Phi) is 7.42. The Hall–Kier alpha value is -3.36. The van der Waals surface area contributed by atoms with Gasteiger partial charge in [0.25, 0.3) is 10.0 Å². The van der Waals surface area contributed by atoms with E-state index in [4.69, 9.17) is 4.74 Å². The molecule has 0 aromatic heterocycles. The van der Waals surface area contributed by atoms with Crippen molar-refractivity contribution in [2.75, 3.05) is 47.4 Å². The van der Waals surface area contributed by atoms with Crippen LogP contribution in [0.5, 0.6) is 0 Å². The topological polar surface area (TPSA) is 79.0 Å². The van der Waals surface area contributed by atoms with Gasteiger partial charge in [0.1, 0.15) is 6.54 Å². The van der Waals surface area contributed by atoms with Gasteiger partial charge in [0.15, 0.2) is 0 Å². The molecule has 1 saturated heterocycles. The lowest BCUT2D eigenvalue weighted by Gasteiger charge is -2.29. The van der Waals surface area contributed by atoms with Crippen molar-refractivity contribution >= 4 is 33.0 Å². The number of benzene rings is 3. The van der Waals surface area contributed by atoms with Crippen molar-refractivity contribution in [3.8, 4) is 0 Å². The number of rotatable bonds is 7. The van der Waals surface area contributed by atoms with E-state index in [1.807, 2.05) is 51.1 Å². The van der Waals surface area contributed by atoms with E-state index >= 15 is 0 Å². The van der Waals surface area contributed by atoms with Gasteiger partial charge in [-0.05, 0) is 80.4 Å². The highest BCUT2D eigenvalue weighted by Crippen LogP contribution is 2.26. The number of nitrogens with one attached hydrogen (secondary N) is 1. The molecule has 1 heterocycles. The monoisotopic (exact) mass is 493 g/mol. The fourth-order valence-electron chi connectivity index (χ4n) is 3.94. The third-order valence-corrected chi connectivity index (χ3v) is 7.99. The minimum absolute atomic E-state index is 0.143. The predicted octanol–water partition coefficient (Wildman–Crippen LogP) is 4.28. The van der Waals surface area contributed by atoms with Crippen LogP contribution >= 0.6 is 0 Å². The van der Waals surface area contributed by atoms with Crippen molar-refractivity contribution in [3.05, 3.63) is 83.4 Å². The summed E-state index contributed by atoms with van der Waals surface area (Å²) < 4.78 is 33.7. The van der Waals surface area contributed by atoms with Gasteiger partial charge in [-0.1, -0.05) is 23.8 Å². The molecule has 184 valence electrons. The smallest absolute Gasteiger partial charge is 0.264 e. The SMILES string of the molecule is Cc1ccc(S(=O)(=O)N(CC(=O)Nc2ccc(N3CCOCC3)cc2)c2ccc(C)c(C)c2)cc1. The summed E-state index contributed by atoms with van der Waals surface area (Å²) in [5.74, 6) is -0.418. The molecule has 0 radical (unpaired) electrons. The van der Waals surface area contributed by atoms with Crippen LogP contribution in [-0.2, 0) is 19.6 Å². The summed E-state index contributed by atoms with van der Waals surface area (Å²) in [7, 11) is -3.96. The fourth-order valence-corrected chi connectivity index (χ4v) is 5.35. The van der Waals surface area contributed by atoms with Crippen molar-refractivity contribution in [2.24, 2.45) is 0 Å². The van der Waals surface area contributed by atoms with E-state index in [1.54, 1.807) is 36.4 Å². The van der Waals surface area contributed by atoms with E-state index in [0.29, 0.717) is 24.6 Å². The van der Waals surface area contributed by atoms with Gasteiger partial charge in [0, 0.05) is 24.5 Å². The quantitative estimate of drug-likeness (QED) is 0.532. The summed E-state index contributed by atoms with van der Waals surface area (Å²) in [6, 6.07) is 19.6. The molecule has 3 aromatic carbocycles. The first-order valence-corrected chi connectivity index (χ1v) is 13.1.